The summed E-state index contributed by atoms with van der Waals surface area (Å²) < 4.78 is 0. The largest absolute Gasteiger partial charge is 0.0622 e. The lowest BCUT2D eigenvalue weighted by Crippen LogP contribution is -1.95. The molecule has 13 aromatic rings. The molecule has 0 saturated carbocycles. The molecule has 0 nitrogen and oxygen atoms in total. The van der Waals surface area contributed by atoms with Gasteiger partial charge in [0.1, 0.15) is 0 Å². The molecule has 0 saturated heterocycles. The van der Waals surface area contributed by atoms with Crippen LogP contribution in [0.5, 0.6) is 0 Å². The lowest BCUT2D eigenvalue weighted by atomic mass is 9.80. The van der Waals surface area contributed by atoms with Crippen LogP contribution < -0.4 is 0 Å². The molecule has 13 aromatic carbocycles. The highest BCUT2D eigenvalue weighted by Gasteiger charge is 2.23. The third-order valence-electron chi connectivity index (χ3n) is 14.0. The third-order valence-corrected chi connectivity index (χ3v) is 14.0. The molecule has 0 unspecified atom stereocenters. The molecular formula is C68H44. The van der Waals surface area contributed by atoms with Crippen molar-refractivity contribution in [3.05, 3.63) is 267 Å². The Morgan fingerprint density at radius 2 is 0.515 bits per heavy atom. The summed E-state index contributed by atoms with van der Waals surface area (Å²) in [4.78, 5) is 0. The smallest absolute Gasteiger partial charge is 0.00137 e. The van der Waals surface area contributed by atoms with Crippen LogP contribution in [0.2, 0.25) is 0 Å². The first-order chi connectivity index (χ1) is 33.7. The number of benzene rings is 13. The van der Waals surface area contributed by atoms with E-state index in [1.54, 1.807) is 0 Å². The maximum absolute atomic E-state index is 2.49. The number of rotatable bonds is 7. The molecule has 0 aromatic heterocycles. The highest BCUT2D eigenvalue weighted by molar-refractivity contribution is 6.26. The minimum atomic E-state index is 1.18. The van der Waals surface area contributed by atoms with Crippen molar-refractivity contribution in [2.75, 3.05) is 0 Å². The average molecular weight is 861 g/mol. The van der Waals surface area contributed by atoms with Gasteiger partial charge < -0.3 is 0 Å². The van der Waals surface area contributed by atoms with Gasteiger partial charge in [0, 0.05) is 0 Å². The molecule has 13 rings (SSSR count). The van der Waals surface area contributed by atoms with E-state index in [2.05, 4.69) is 267 Å². The van der Waals surface area contributed by atoms with Crippen LogP contribution in [0.1, 0.15) is 0 Å². The summed E-state index contributed by atoms with van der Waals surface area (Å²) in [5.41, 5.74) is 16.9. The van der Waals surface area contributed by atoms with Crippen molar-refractivity contribution >= 4 is 53.9 Å². The van der Waals surface area contributed by atoms with Gasteiger partial charge in [-0.3, -0.25) is 0 Å². The highest BCUT2D eigenvalue weighted by Crippen LogP contribution is 2.50. The van der Waals surface area contributed by atoms with Crippen LogP contribution in [0.3, 0.4) is 0 Å². The zero-order valence-electron chi connectivity index (χ0n) is 37.4. The Kier molecular flexibility index (Phi) is 9.62. The maximum atomic E-state index is 2.49. The molecule has 0 heterocycles. The molecule has 0 radical (unpaired) electrons. The Labute approximate surface area is 396 Å². The monoisotopic (exact) mass is 860 g/mol. The summed E-state index contributed by atoms with van der Waals surface area (Å²) in [5.74, 6) is 0. The van der Waals surface area contributed by atoms with Crippen molar-refractivity contribution in [1.29, 1.82) is 0 Å². The first kappa shape index (κ1) is 39.5. The normalized spacial score (nSPS) is 11.5. The average Bonchev–Trinajstić information content (AvgIpc) is 3.42. The van der Waals surface area contributed by atoms with Gasteiger partial charge in [-0.1, -0.05) is 224 Å². The molecule has 0 aliphatic rings. The molecule has 0 aliphatic carbocycles. The van der Waals surface area contributed by atoms with Crippen molar-refractivity contribution in [2.45, 2.75) is 0 Å². The molecule has 0 aliphatic heterocycles. The van der Waals surface area contributed by atoms with Crippen LogP contribution >= 0.6 is 0 Å². The van der Waals surface area contributed by atoms with E-state index in [-0.39, 0.29) is 0 Å². The Morgan fingerprint density at radius 1 is 0.147 bits per heavy atom. The molecule has 0 heteroatoms. The van der Waals surface area contributed by atoms with E-state index in [0.29, 0.717) is 0 Å². The number of fused-ring (bicyclic) bond motifs is 6. The second-order valence-electron chi connectivity index (χ2n) is 18.0. The van der Waals surface area contributed by atoms with Crippen LogP contribution in [0.25, 0.3) is 132 Å². The fourth-order valence-electron chi connectivity index (χ4n) is 10.8. The lowest BCUT2D eigenvalue weighted by molar-refractivity contribution is 1.57. The van der Waals surface area contributed by atoms with Crippen LogP contribution in [0, 0.1) is 0 Å². The second kappa shape index (κ2) is 16.5. The van der Waals surface area contributed by atoms with E-state index in [9.17, 15) is 0 Å². The molecule has 68 heavy (non-hydrogen) atoms. The molecule has 0 N–H and O–H groups in total. The molecule has 316 valence electrons. The summed E-state index contributed by atoms with van der Waals surface area (Å²) in [6, 6.07) is 98.8. The van der Waals surface area contributed by atoms with E-state index in [1.165, 1.54) is 132 Å². The van der Waals surface area contributed by atoms with E-state index in [4.69, 9.17) is 0 Å². The summed E-state index contributed by atoms with van der Waals surface area (Å²) in [5, 5.41) is 12.3. The number of hydrogen-bond donors (Lipinski definition) is 0. The van der Waals surface area contributed by atoms with Gasteiger partial charge >= 0.3 is 0 Å². The van der Waals surface area contributed by atoms with Crippen molar-refractivity contribution in [3.63, 3.8) is 0 Å². The lowest BCUT2D eigenvalue weighted by Gasteiger charge is -2.22. The highest BCUT2D eigenvalue weighted by atomic mass is 14.3. The van der Waals surface area contributed by atoms with Crippen molar-refractivity contribution < 1.29 is 0 Å². The van der Waals surface area contributed by atoms with Gasteiger partial charge in [-0.15, -0.1) is 0 Å². The van der Waals surface area contributed by atoms with Crippen LogP contribution in [-0.2, 0) is 0 Å². The van der Waals surface area contributed by atoms with Crippen molar-refractivity contribution in [2.24, 2.45) is 0 Å². The summed E-state index contributed by atoms with van der Waals surface area (Å²) >= 11 is 0. The Hall–Kier alpha value is -8.84. The molecule has 0 amide bonds. The fourth-order valence-corrected chi connectivity index (χ4v) is 10.8. The molecular weight excluding hydrogens is 817 g/mol. The van der Waals surface area contributed by atoms with Crippen LogP contribution in [0.4, 0.5) is 0 Å². The van der Waals surface area contributed by atoms with Gasteiger partial charge in [0.05, 0.1) is 0 Å². The third kappa shape index (κ3) is 6.86. The van der Waals surface area contributed by atoms with Crippen LogP contribution in [-0.4, -0.2) is 0 Å². The standard InChI is InChI=1S/C68H44/c1-4-18-45(19-5-1)54-38-55(46-20-6-2-7-21-46)40-56(39-54)52-34-36-59-60-37-35-53(64-42-51-27-11-10-26-50(51)41-63(64)49-22-8-3-9-23-49)44-66(60)68(62-33-17-29-48-25-13-15-31-58(48)62)67(65(59)43-52)61-32-16-28-47-24-12-14-30-57(47)61/h1-44H. The topological polar surface area (TPSA) is 0 Å². The minimum Gasteiger partial charge on any atom is -0.0622 e. The quantitative estimate of drug-likeness (QED) is 0.140. The summed E-state index contributed by atoms with van der Waals surface area (Å²) in [6.07, 6.45) is 0. The maximum Gasteiger partial charge on any atom is -0.00137 e. The Balaban J connectivity index is 1.17. The molecule has 0 spiro atoms. The Bertz CT molecular complexity index is 3980. The zero-order chi connectivity index (χ0) is 45.0. The zero-order valence-corrected chi connectivity index (χ0v) is 37.4. The van der Waals surface area contributed by atoms with Gasteiger partial charge in [-0.2, -0.15) is 0 Å². The predicted octanol–water partition coefficient (Wildman–Crippen LogP) is 19.1. The van der Waals surface area contributed by atoms with Crippen molar-refractivity contribution in [1.82, 2.24) is 0 Å². The fraction of sp³-hybridized carbons (Fsp3) is 0. The second-order valence-corrected chi connectivity index (χ2v) is 18.0. The molecule has 0 fully saturated rings. The SMILES string of the molecule is c1ccc(-c2cc(-c3ccccc3)cc(-c3ccc4c(c3)c(-c3cccc5ccccc35)c(-c3cccc5ccccc35)c3cc(-c5cc6ccccc6cc5-c5ccccc5)ccc34)c2)cc1. The molecule has 0 bridgehead atoms. The van der Waals surface area contributed by atoms with E-state index >= 15 is 0 Å². The van der Waals surface area contributed by atoms with Gasteiger partial charge in [-0.05, 0) is 174 Å². The van der Waals surface area contributed by atoms with Gasteiger partial charge in [0.15, 0.2) is 0 Å². The Morgan fingerprint density at radius 3 is 1.01 bits per heavy atom. The van der Waals surface area contributed by atoms with Gasteiger partial charge in [0.2, 0.25) is 0 Å². The molecule has 0 atom stereocenters. The van der Waals surface area contributed by atoms with Crippen molar-refractivity contribution in [3.8, 4) is 77.9 Å². The minimum absolute atomic E-state index is 1.18. The predicted molar refractivity (Wildman–Crippen MR) is 292 cm³/mol. The van der Waals surface area contributed by atoms with E-state index in [1.807, 2.05) is 0 Å². The number of hydrogen-bond acceptors (Lipinski definition) is 0. The first-order valence-electron chi connectivity index (χ1n) is 23.6. The van der Waals surface area contributed by atoms with E-state index < -0.39 is 0 Å². The van der Waals surface area contributed by atoms with Crippen LogP contribution in [0.15, 0.2) is 267 Å². The first-order valence-corrected chi connectivity index (χ1v) is 23.6. The summed E-state index contributed by atoms with van der Waals surface area (Å²) in [6.45, 7) is 0. The van der Waals surface area contributed by atoms with Gasteiger partial charge in [-0.25, -0.2) is 0 Å². The van der Waals surface area contributed by atoms with Gasteiger partial charge in [0.25, 0.3) is 0 Å². The summed E-state index contributed by atoms with van der Waals surface area (Å²) in [7, 11) is 0. The van der Waals surface area contributed by atoms with E-state index in [0.717, 1.165) is 0 Å².